The molecule has 2 atom stereocenters. The van der Waals surface area contributed by atoms with E-state index in [4.69, 9.17) is 19.3 Å². The van der Waals surface area contributed by atoms with Crippen LogP contribution < -0.4 is 4.74 Å². The number of carboxylic acid groups (broad SMARTS) is 1. The molecule has 0 radical (unpaired) electrons. The summed E-state index contributed by atoms with van der Waals surface area (Å²) in [6, 6.07) is 24.9. The Morgan fingerprint density at radius 3 is 2.34 bits per heavy atom. The number of aliphatic carboxylic acids is 1. The zero-order chi connectivity index (χ0) is 27.0. The van der Waals surface area contributed by atoms with E-state index in [9.17, 15) is 9.59 Å². The molecule has 4 rings (SSSR count). The van der Waals surface area contributed by atoms with Gasteiger partial charge in [0, 0.05) is 19.6 Å². The Morgan fingerprint density at radius 2 is 1.71 bits per heavy atom. The lowest BCUT2D eigenvalue weighted by molar-refractivity contribution is -0.136. The Kier molecular flexibility index (Phi) is 9.02. The Morgan fingerprint density at radius 1 is 1.03 bits per heavy atom. The van der Waals surface area contributed by atoms with Crippen molar-refractivity contribution >= 4 is 12.1 Å². The van der Waals surface area contributed by atoms with Gasteiger partial charge in [-0.1, -0.05) is 66.7 Å². The Bertz CT molecular complexity index is 1200. The van der Waals surface area contributed by atoms with Crippen molar-refractivity contribution in [3.8, 4) is 5.75 Å². The van der Waals surface area contributed by atoms with E-state index < -0.39 is 11.6 Å². The number of amides is 1. The Labute approximate surface area is 224 Å². The number of hydrogen-bond acceptors (Lipinski definition) is 5. The molecule has 1 saturated heterocycles. The fourth-order valence-corrected chi connectivity index (χ4v) is 4.93. The standard InChI is InChI=1S/C31H35NO6/c1-23(26-13-9-24(10-14-26)21-29(33)34)32-19-18-31(38-30(32)35,27-7-4-3-5-8-27)17-6-20-37-22-25-11-15-28(36-2)16-12-25/h3-5,7-16,23H,6,17-22H2,1-2H3,(H,33,34)/t23-,31+/m0/s1. The molecule has 1 aliphatic rings. The maximum absolute atomic E-state index is 13.3. The van der Waals surface area contributed by atoms with E-state index in [2.05, 4.69) is 0 Å². The highest BCUT2D eigenvalue weighted by atomic mass is 16.6. The van der Waals surface area contributed by atoms with Crippen molar-refractivity contribution in [1.29, 1.82) is 0 Å². The van der Waals surface area contributed by atoms with Gasteiger partial charge in [-0.15, -0.1) is 0 Å². The molecule has 1 aliphatic heterocycles. The minimum absolute atomic E-state index is 0.0240. The van der Waals surface area contributed by atoms with Crippen molar-refractivity contribution in [2.75, 3.05) is 20.3 Å². The molecule has 0 unspecified atom stereocenters. The summed E-state index contributed by atoms with van der Waals surface area (Å²) in [7, 11) is 1.65. The second kappa shape index (κ2) is 12.6. The first-order valence-electron chi connectivity index (χ1n) is 13.0. The van der Waals surface area contributed by atoms with Crippen LogP contribution in [0.5, 0.6) is 5.75 Å². The summed E-state index contributed by atoms with van der Waals surface area (Å²) in [5, 5.41) is 9.01. The summed E-state index contributed by atoms with van der Waals surface area (Å²) >= 11 is 0. The van der Waals surface area contributed by atoms with E-state index in [0.717, 1.165) is 34.4 Å². The van der Waals surface area contributed by atoms with Crippen LogP contribution >= 0.6 is 0 Å². The molecule has 7 nitrogen and oxygen atoms in total. The lowest BCUT2D eigenvalue weighted by atomic mass is 9.84. The molecule has 0 spiro atoms. The van der Waals surface area contributed by atoms with Crippen LogP contribution in [0.15, 0.2) is 78.9 Å². The summed E-state index contributed by atoms with van der Waals surface area (Å²) in [5.74, 6) is -0.0509. The highest BCUT2D eigenvalue weighted by molar-refractivity contribution is 5.71. The molecule has 3 aromatic rings. The lowest BCUT2D eigenvalue weighted by Gasteiger charge is -2.43. The number of carbonyl (C=O) groups excluding carboxylic acids is 1. The smallest absolute Gasteiger partial charge is 0.411 e. The number of rotatable bonds is 12. The molecule has 38 heavy (non-hydrogen) atoms. The monoisotopic (exact) mass is 517 g/mol. The van der Waals surface area contributed by atoms with Crippen LogP contribution in [-0.2, 0) is 32.9 Å². The molecule has 1 fully saturated rings. The second-order valence-corrected chi connectivity index (χ2v) is 9.66. The van der Waals surface area contributed by atoms with Crippen molar-refractivity contribution in [2.24, 2.45) is 0 Å². The van der Waals surface area contributed by atoms with Crippen molar-refractivity contribution in [1.82, 2.24) is 4.90 Å². The maximum atomic E-state index is 13.3. The number of methoxy groups -OCH3 is 1. The zero-order valence-electron chi connectivity index (χ0n) is 22.0. The minimum atomic E-state index is -0.867. The topological polar surface area (TPSA) is 85.3 Å². The Balaban J connectivity index is 1.37. The first-order valence-corrected chi connectivity index (χ1v) is 13.0. The fraction of sp³-hybridized carbons (Fsp3) is 0.355. The average Bonchev–Trinajstić information content (AvgIpc) is 2.93. The number of carboxylic acids is 1. The van der Waals surface area contributed by atoms with E-state index in [-0.39, 0.29) is 18.6 Å². The van der Waals surface area contributed by atoms with Crippen LogP contribution in [0.2, 0.25) is 0 Å². The van der Waals surface area contributed by atoms with Gasteiger partial charge in [-0.05, 0) is 54.2 Å². The molecule has 0 aliphatic carbocycles. The van der Waals surface area contributed by atoms with Crippen molar-refractivity contribution < 1.29 is 28.9 Å². The zero-order valence-corrected chi connectivity index (χ0v) is 22.0. The quantitative estimate of drug-likeness (QED) is 0.292. The molecule has 1 heterocycles. The predicted octanol–water partition coefficient (Wildman–Crippen LogP) is 6.12. The van der Waals surface area contributed by atoms with Gasteiger partial charge < -0.3 is 24.2 Å². The molecule has 200 valence electrons. The predicted molar refractivity (Wildman–Crippen MR) is 144 cm³/mol. The number of hydrogen-bond donors (Lipinski definition) is 1. The molecule has 1 amide bonds. The van der Waals surface area contributed by atoms with Crippen LogP contribution in [0.1, 0.15) is 54.5 Å². The third kappa shape index (κ3) is 6.72. The number of nitrogens with zero attached hydrogens (tertiary/aromatic N) is 1. The lowest BCUT2D eigenvalue weighted by Crippen LogP contribution is -2.48. The van der Waals surface area contributed by atoms with E-state index in [0.29, 0.717) is 32.6 Å². The van der Waals surface area contributed by atoms with E-state index in [1.807, 2.05) is 73.7 Å². The van der Waals surface area contributed by atoms with Crippen molar-refractivity contribution in [3.05, 3.63) is 101 Å². The molecule has 7 heteroatoms. The molecule has 0 aromatic heterocycles. The van der Waals surface area contributed by atoms with Gasteiger partial charge in [0.1, 0.15) is 11.4 Å². The second-order valence-electron chi connectivity index (χ2n) is 9.66. The molecule has 0 bridgehead atoms. The molecular formula is C31H35NO6. The normalized spacial score (nSPS) is 18.1. The molecule has 3 aromatic carbocycles. The summed E-state index contributed by atoms with van der Waals surface area (Å²) < 4.78 is 17.3. The van der Waals surface area contributed by atoms with Crippen LogP contribution in [-0.4, -0.2) is 42.3 Å². The van der Waals surface area contributed by atoms with E-state index in [1.165, 1.54) is 0 Å². The molecular weight excluding hydrogens is 482 g/mol. The van der Waals surface area contributed by atoms with Gasteiger partial charge in [-0.2, -0.15) is 0 Å². The van der Waals surface area contributed by atoms with Gasteiger partial charge in [0.2, 0.25) is 0 Å². The van der Waals surface area contributed by atoms with Crippen molar-refractivity contribution in [3.63, 3.8) is 0 Å². The van der Waals surface area contributed by atoms with E-state index in [1.54, 1.807) is 24.1 Å². The average molecular weight is 518 g/mol. The largest absolute Gasteiger partial charge is 0.497 e. The van der Waals surface area contributed by atoms with Gasteiger partial charge >= 0.3 is 12.1 Å². The highest BCUT2D eigenvalue weighted by Crippen LogP contribution is 2.40. The number of benzene rings is 3. The SMILES string of the molecule is COc1ccc(COCCC[C@]2(c3ccccc3)CCN([C@@H](C)c3ccc(CC(=O)O)cc3)C(=O)O2)cc1. The molecule has 0 saturated carbocycles. The van der Waals surface area contributed by atoms with E-state index >= 15 is 0 Å². The fourth-order valence-electron chi connectivity index (χ4n) is 4.93. The summed E-state index contributed by atoms with van der Waals surface area (Å²) in [6.45, 7) is 3.59. The minimum Gasteiger partial charge on any atom is -0.497 e. The third-order valence-corrected chi connectivity index (χ3v) is 7.16. The van der Waals surface area contributed by atoms with Crippen LogP contribution in [0, 0.1) is 0 Å². The van der Waals surface area contributed by atoms with Crippen molar-refractivity contribution in [2.45, 2.75) is 50.9 Å². The summed E-state index contributed by atoms with van der Waals surface area (Å²) in [4.78, 5) is 26.0. The van der Waals surface area contributed by atoms with Crippen LogP contribution in [0.4, 0.5) is 4.79 Å². The van der Waals surface area contributed by atoms with Crippen LogP contribution in [0.25, 0.3) is 0 Å². The third-order valence-electron chi connectivity index (χ3n) is 7.16. The van der Waals surface area contributed by atoms with Gasteiger partial charge in [0.15, 0.2) is 0 Å². The number of cyclic esters (lactones) is 1. The highest BCUT2D eigenvalue weighted by Gasteiger charge is 2.43. The summed E-state index contributed by atoms with van der Waals surface area (Å²) in [6.07, 6.45) is 1.71. The van der Waals surface area contributed by atoms with Gasteiger partial charge in [-0.3, -0.25) is 4.79 Å². The Hall–Kier alpha value is -3.84. The van der Waals surface area contributed by atoms with Crippen LogP contribution in [0.3, 0.4) is 0 Å². The van der Waals surface area contributed by atoms with Gasteiger partial charge in [0.25, 0.3) is 0 Å². The maximum Gasteiger partial charge on any atom is 0.411 e. The first-order chi connectivity index (χ1) is 18.4. The van der Waals surface area contributed by atoms with Gasteiger partial charge in [0.05, 0.1) is 26.2 Å². The molecule has 1 N–H and O–H groups in total. The summed E-state index contributed by atoms with van der Waals surface area (Å²) in [5.41, 5.74) is 3.04. The number of carbonyl (C=O) groups is 2. The number of ether oxygens (including phenoxy) is 3. The van der Waals surface area contributed by atoms with Gasteiger partial charge in [-0.25, -0.2) is 4.79 Å². The first kappa shape index (κ1) is 27.2.